The van der Waals surface area contributed by atoms with Crippen molar-refractivity contribution in [1.29, 1.82) is 0 Å². The van der Waals surface area contributed by atoms with E-state index in [0.717, 1.165) is 11.1 Å². The van der Waals surface area contributed by atoms with Crippen LogP contribution < -0.4 is 10.5 Å². The molecule has 0 spiro atoms. The molecule has 3 N–H and O–H groups in total. The van der Waals surface area contributed by atoms with Crippen LogP contribution in [0.4, 0.5) is 0 Å². The van der Waals surface area contributed by atoms with Gasteiger partial charge in [-0.15, -0.1) is 11.3 Å². The average Bonchev–Trinajstić information content (AvgIpc) is 2.91. The number of hydrogen-bond donors (Lipinski definition) is 2. The van der Waals surface area contributed by atoms with E-state index in [9.17, 15) is 8.42 Å². The maximum atomic E-state index is 11.9. The smallest absolute Gasteiger partial charge is 0.250 e. The molecular formula is C12H12N2O2S3. The minimum Gasteiger partial charge on any atom is -0.389 e. The SMILES string of the molecule is NC(=S)c1ccc(CNS(=O)(=O)c2cccs2)cc1. The first-order valence-electron chi connectivity index (χ1n) is 5.41. The second-order valence-corrected chi connectivity index (χ2v) is 7.20. The molecule has 0 saturated heterocycles. The molecule has 0 fully saturated rings. The van der Waals surface area contributed by atoms with Crippen LogP contribution in [0.1, 0.15) is 11.1 Å². The van der Waals surface area contributed by atoms with Crippen molar-refractivity contribution >= 4 is 38.6 Å². The second-order valence-electron chi connectivity index (χ2n) is 3.82. The summed E-state index contributed by atoms with van der Waals surface area (Å²) >= 11 is 6.04. The highest BCUT2D eigenvalue weighted by Gasteiger charge is 2.14. The third kappa shape index (κ3) is 3.60. The van der Waals surface area contributed by atoms with Gasteiger partial charge in [0.05, 0.1) is 0 Å². The van der Waals surface area contributed by atoms with Crippen molar-refractivity contribution < 1.29 is 8.42 Å². The third-order valence-corrected chi connectivity index (χ3v) is 5.50. The Morgan fingerprint density at radius 2 is 1.95 bits per heavy atom. The number of thiophene rings is 1. The Morgan fingerprint density at radius 1 is 1.26 bits per heavy atom. The Labute approximate surface area is 121 Å². The molecule has 2 aromatic rings. The van der Waals surface area contributed by atoms with Crippen LogP contribution in [0.3, 0.4) is 0 Å². The van der Waals surface area contributed by atoms with E-state index in [-0.39, 0.29) is 6.54 Å². The van der Waals surface area contributed by atoms with Gasteiger partial charge >= 0.3 is 0 Å². The quantitative estimate of drug-likeness (QED) is 0.827. The van der Waals surface area contributed by atoms with Gasteiger partial charge in [0.25, 0.3) is 0 Å². The molecule has 0 unspecified atom stereocenters. The molecule has 0 amide bonds. The lowest BCUT2D eigenvalue weighted by molar-refractivity contribution is 0.583. The van der Waals surface area contributed by atoms with Crippen molar-refractivity contribution in [2.24, 2.45) is 5.73 Å². The fourth-order valence-corrected chi connectivity index (χ4v) is 3.64. The fourth-order valence-electron chi connectivity index (χ4n) is 1.45. The second kappa shape index (κ2) is 5.79. The van der Waals surface area contributed by atoms with Crippen molar-refractivity contribution in [1.82, 2.24) is 4.72 Å². The largest absolute Gasteiger partial charge is 0.389 e. The lowest BCUT2D eigenvalue weighted by Gasteiger charge is -2.05. The molecule has 0 atom stereocenters. The minimum absolute atomic E-state index is 0.234. The Balaban J connectivity index is 2.05. The van der Waals surface area contributed by atoms with Crippen LogP contribution in [-0.4, -0.2) is 13.4 Å². The molecule has 0 aliphatic carbocycles. The molecule has 0 aliphatic rings. The van der Waals surface area contributed by atoms with Crippen molar-refractivity contribution in [2.75, 3.05) is 0 Å². The summed E-state index contributed by atoms with van der Waals surface area (Å²) in [4.78, 5) is 0.325. The molecule has 1 heterocycles. The van der Waals surface area contributed by atoms with Gasteiger partial charge in [-0.05, 0) is 17.0 Å². The maximum Gasteiger partial charge on any atom is 0.250 e. The molecule has 1 aromatic carbocycles. The van der Waals surface area contributed by atoms with E-state index in [1.165, 1.54) is 11.3 Å². The van der Waals surface area contributed by atoms with Gasteiger partial charge in [0.15, 0.2) is 0 Å². The van der Waals surface area contributed by atoms with Gasteiger partial charge in [-0.1, -0.05) is 42.5 Å². The fraction of sp³-hybridized carbons (Fsp3) is 0.0833. The lowest BCUT2D eigenvalue weighted by atomic mass is 10.1. The number of nitrogens with two attached hydrogens (primary N) is 1. The molecule has 100 valence electrons. The van der Waals surface area contributed by atoms with Gasteiger partial charge in [0.2, 0.25) is 10.0 Å². The number of sulfonamides is 1. The number of benzene rings is 1. The van der Waals surface area contributed by atoms with Gasteiger partial charge < -0.3 is 5.73 Å². The van der Waals surface area contributed by atoms with Gasteiger partial charge in [-0.25, -0.2) is 13.1 Å². The maximum absolute atomic E-state index is 11.9. The third-order valence-electron chi connectivity index (χ3n) is 2.46. The zero-order valence-corrected chi connectivity index (χ0v) is 12.3. The average molecular weight is 312 g/mol. The molecule has 0 radical (unpaired) electrons. The predicted molar refractivity (Wildman–Crippen MR) is 80.7 cm³/mol. The van der Waals surface area contributed by atoms with Crippen molar-refractivity contribution in [3.05, 3.63) is 52.9 Å². The zero-order chi connectivity index (χ0) is 13.9. The Morgan fingerprint density at radius 3 is 2.47 bits per heavy atom. The summed E-state index contributed by atoms with van der Waals surface area (Å²) in [5.41, 5.74) is 7.10. The topological polar surface area (TPSA) is 72.2 Å². The summed E-state index contributed by atoms with van der Waals surface area (Å²) in [5.74, 6) is 0. The van der Waals surface area contributed by atoms with Crippen LogP contribution in [0.15, 0.2) is 46.0 Å². The Bertz CT molecular complexity index is 662. The first-order valence-corrected chi connectivity index (χ1v) is 8.18. The van der Waals surface area contributed by atoms with Crippen molar-refractivity contribution in [2.45, 2.75) is 10.8 Å². The van der Waals surface area contributed by atoms with E-state index in [4.69, 9.17) is 18.0 Å². The van der Waals surface area contributed by atoms with E-state index in [2.05, 4.69) is 4.72 Å². The highest BCUT2D eigenvalue weighted by atomic mass is 32.2. The number of hydrogen-bond acceptors (Lipinski definition) is 4. The zero-order valence-electron chi connectivity index (χ0n) is 9.87. The molecule has 1 aromatic heterocycles. The van der Waals surface area contributed by atoms with Crippen molar-refractivity contribution in [3.63, 3.8) is 0 Å². The summed E-state index contributed by atoms with van der Waals surface area (Å²) in [7, 11) is -3.42. The molecule has 2 rings (SSSR count). The molecule has 4 nitrogen and oxygen atoms in total. The van der Waals surface area contributed by atoms with Gasteiger partial charge in [-0.3, -0.25) is 0 Å². The summed E-state index contributed by atoms with van der Waals surface area (Å²) < 4.78 is 26.7. The Hall–Kier alpha value is -1.28. The first-order chi connectivity index (χ1) is 8.99. The van der Waals surface area contributed by atoms with Crippen LogP contribution in [0.25, 0.3) is 0 Å². The van der Waals surface area contributed by atoms with Crippen LogP contribution in [0, 0.1) is 0 Å². The Kier molecular flexibility index (Phi) is 4.31. The summed E-state index contributed by atoms with van der Waals surface area (Å²) in [6, 6.07) is 10.4. The molecule has 0 bridgehead atoms. The summed E-state index contributed by atoms with van der Waals surface area (Å²) in [6.07, 6.45) is 0. The number of nitrogens with one attached hydrogen (secondary N) is 1. The lowest BCUT2D eigenvalue weighted by Crippen LogP contribution is -2.22. The summed E-state index contributed by atoms with van der Waals surface area (Å²) in [5, 5.41) is 1.73. The molecule has 0 aliphatic heterocycles. The molecule has 7 heteroatoms. The minimum atomic E-state index is -3.42. The van der Waals surface area contributed by atoms with Gasteiger partial charge in [0.1, 0.15) is 9.20 Å². The van der Waals surface area contributed by atoms with Gasteiger partial charge in [-0.2, -0.15) is 0 Å². The highest BCUT2D eigenvalue weighted by molar-refractivity contribution is 7.91. The van der Waals surface area contributed by atoms with E-state index >= 15 is 0 Å². The molecule has 0 saturated carbocycles. The number of rotatable bonds is 5. The summed E-state index contributed by atoms with van der Waals surface area (Å²) in [6.45, 7) is 0.234. The van der Waals surface area contributed by atoms with Crippen LogP contribution in [-0.2, 0) is 16.6 Å². The van der Waals surface area contributed by atoms with Crippen LogP contribution >= 0.6 is 23.6 Å². The highest BCUT2D eigenvalue weighted by Crippen LogP contribution is 2.15. The van der Waals surface area contributed by atoms with Gasteiger partial charge in [0, 0.05) is 12.1 Å². The van der Waals surface area contributed by atoms with E-state index in [1.54, 1.807) is 41.8 Å². The number of thiocarbonyl (C=S) groups is 1. The monoisotopic (exact) mass is 312 g/mol. The predicted octanol–water partition coefficient (Wildman–Crippen LogP) is 1.86. The first kappa shape index (κ1) is 14.1. The molecular weight excluding hydrogens is 300 g/mol. The van der Waals surface area contributed by atoms with Crippen LogP contribution in [0.5, 0.6) is 0 Å². The van der Waals surface area contributed by atoms with E-state index in [1.807, 2.05) is 0 Å². The van der Waals surface area contributed by atoms with Crippen molar-refractivity contribution in [3.8, 4) is 0 Å². The normalized spacial score (nSPS) is 11.4. The molecule has 19 heavy (non-hydrogen) atoms. The van der Waals surface area contributed by atoms with E-state index < -0.39 is 10.0 Å². The van der Waals surface area contributed by atoms with E-state index in [0.29, 0.717) is 9.20 Å². The van der Waals surface area contributed by atoms with Crippen LogP contribution in [0.2, 0.25) is 0 Å². The standard InChI is InChI=1S/C12H12N2O2S3/c13-12(17)10-5-3-9(4-6-10)8-14-19(15,16)11-2-1-7-18-11/h1-7,14H,8H2,(H2,13,17).